The minimum atomic E-state index is -4.38. The van der Waals surface area contributed by atoms with Crippen LogP contribution in [0.25, 0.3) is 0 Å². The maximum absolute atomic E-state index is 12.4. The Morgan fingerprint density at radius 3 is 2.43 bits per heavy atom. The van der Waals surface area contributed by atoms with Crippen LogP contribution < -0.4 is 10.6 Å². The third kappa shape index (κ3) is 6.48. The number of carbonyl (C=O) groups excluding carboxylic acids is 1. The van der Waals surface area contributed by atoms with Gasteiger partial charge in [0.15, 0.2) is 0 Å². The van der Waals surface area contributed by atoms with E-state index in [-0.39, 0.29) is 12.5 Å². The molecule has 7 heteroatoms. The molecule has 1 rings (SSSR count). The molecule has 0 spiro atoms. The van der Waals surface area contributed by atoms with Crippen molar-refractivity contribution in [1.29, 1.82) is 0 Å². The number of benzene rings is 1. The topological polar surface area (TPSA) is 61.4 Å². The first-order valence-electron chi connectivity index (χ1n) is 6.66. The number of aliphatic hydroxyl groups excluding tert-OH is 1. The Kier molecular flexibility index (Phi) is 6.48. The van der Waals surface area contributed by atoms with E-state index in [0.29, 0.717) is 12.2 Å². The van der Waals surface area contributed by atoms with Gasteiger partial charge in [0.25, 0.3) is 0 Å². The first-order chi connectivity index (χ1) is 9.82. The molecule has 4 nitrogen and oxygen atoms in total. The zero-order chi connectivity index (χ0) is 15.9. The number of alkyl halides is 3. The van der Waals surface area contributed by atoms with E-state index in [1.807, 2.05) is 6.92 Å². The summed E-state index contributed by atoms with van der Waals surface area (Å²) in [6, 6.07) is 3.77. The van der Waals surface area contributed by atoms with Gasteiger partial charge in [-0.1, -0.05) is 6.92 Å². The fourth-order valence-corrected chi connectivity index (χ4v) is 1.66. The number of urea groups is 1. The van der Waals surface area contributed by atoms with Crippen LogP contribution in [0.3, 0.4) is 0 Å². The summed E-state index contributed by atoms with van der Waals surface area (Å²) < 4.78 is 37.1. The van der Waals surface area contributed by atoms with Crippen molar-refractivity contribution >= 4 is 11.7 Å². The summed E-state index contributed by atoms with van der Waals surface area (Å²) in [5.74, 6) is 0.185. The van der Waals surface area contributed by atoms with Gasteiger partial charge in [0.1, 0.15) is 0 Å². The average Bonchev–Trinajstić information content (AvgIpc) is 2.43. The summed E-state index contributed by atoms with van der Waals surface area (Å²) in [7, 11) is 0. The molecule has 0 bridgehead atoms. The monoisotopic (exact) mass is 304 g/mol. The van der Waals surface area contributed by atoms with Crippen LogP contribution in [-0.2, 0) is 6.18 Å². The van der Waals surface area contributed by atoms with Crippen molar-refractivity contribution in [3.63, 3.8) is 0 Å². The van der Waals surface area contributed by atoms with Crippen LogP contribution in [0.4, 0.5) is 23.7 Å². The summed E-state index contributed by atoms with van der Waals surface area (Å²) >= 11 is 0. The van der Waals surface area contributed by atoms with Crippen LogP contribution in [0.1, 0.15) is 25.3 Å². The van der Waals surface area contributed by atoms with E-state index < -0.39 is 17.8 Å². The van der Waals surface area contributed by atoms with Crippen molar-refractivity contribution in [2.24, 2.45) is 5.92 Å². The molecule has 0 aliphatic rings. The lowest BCUT2D eigenvalue weighted by Gasteiger charge is -2.10. The molecular formula is C14H19F3N2O2. The normalized spacial score (nSPS) is 12.8. The Hall–Kier alpha value is -1.76. The number of carbonyl (C=O) groups is 1. The van der Waals surface area contributed by atoms with Gasteiger partial charge in [-0.3, -0.25) is 0 Å². The highest BCUT2D eigenvalue weighted by atomic mass is 19.4. The molecule has 1 aromatic rings. The Bertz CT molecular complexity index is 447. The summed E-state index contributed by atoms with van der Waals surface area (Å²) in [6.07, 6.45) is -2.87. The van der Waals surface area contributed by atoms with Crippen molar-refractivity contribution in [2.75, 3.05) is 18.5 Å². The molecule has 21 heavy (non-hydrogen) atoms. The molecular weight excluding hydrogens is 285 g/mol. The molecule has 2 amide bonds. The van der Waals surface area contributed by atoms with E-state index in [9.17, 15) is 18.0 Å². The molecule has 0 saturated heterocycles. The van der Waals surface area contributed by atoms with Crippen LogP contribution in [0.5, 0.6) is 0 Å². The number of amides is 2. The van der Waals surface area contributed by atoms with Crippen molar-refractivity contribution < 1.29 is 23.1 Å². The highest BCUT2D eigenvalue weighted by Crippen LogP contribution is 2.29. The zero-order valence-corrected chi connectivity index (χ0v) is 11.7. The van der Waals surface area contributed by atoms with Gasteiger partial charge in [-0.15, -0.1) is 0 Å². The molecule has 0 aliphatic heterocycles. The van der Waals surface area contributed by atoms with E-state index in [1.165, 1.54) is 12.1 Å². The molecule has 118 valence electrons. The van der Waals surface area contributed by atoms with E-state index in [2.05, 4.69) is 10.6 Å². The smallest absolute Gasteiger partial charge is 0.396 e. The number of anilines is 1. The van der Waals surface area contributed by atoms with Gasteiger partial charge >= 0.3 is 12.2 Å². The second-order valence-electron chi connectivity index (χ2n) is 4.89. The van der Waals surface area contributed by atoms with Crippen LogP contribution in [0.15, 0.2) is 24.3 Å². The van der Waals surface area contributed by atoms with E-state index in [1.54, 1.807) is 0 Å². The lowest BCUT2D eigenvalue weighted by Crippen LogP contribution is -2.29. The first kappa shape index (κ1) is 17.3. The highest BCUT2D eigenvalue weighted by molar-refractivity contribution is 5.89. The average molecular weight is 304 g/mol. The Labute approximate surface area is 121 Å². The standard InChI is InChI=1S/C14H19F3N2O2/c1-10(9-20)3-2-8-18-13(21)19-12-6-4-11(5-7-12)14(15,16)17/h4-7,10,20H,2-3,8-9H2,1H3,(H2,18,19,21). The second-order valence-corrected chi connectivity index (χ2v) is 4.89. The van der Waals surface area contributed by atoms with Crippen LogP contribution in [0, 0.1) is 5.92 Å². The largest absolute Gasteiger partial charge is 0.416 e. The SMILES string of the molecule is CC(CO)CCCNC(=O)Nc1ccc(C(F)(F)F)cc1. The van der Waals surface area contributed by atoms with Crippen LogP contribution in [0.2, 0.25) is 0 Å². The summed E-state index contributed by atoms with van der Waals surface area (Å²) in [4.78, 5) is 11.5. The van der Waals surface area contributed by atoms with Crippen molar-refractivity contribution in [2.45, 2.75) is 25.9 Å². The number of nitrogens with one attached hydrogen (secondary N) is 2. The fraction of sp³-hybridized carbons (Fsp3) is 0.500. The van der Waals surface area contributed by atoms with Crippen molar-refractivity contribution in [3.05, 3.63) is 29.8 Å². The molecule has 0 aromatic heterocycles. The van der Waals surface area contributed by atoms with Gasteiger partial charge in [-0.25, -0.2) is 4.79 Å². The number of hydrogen-bond donors (Lipinski definition) is 3. The fourth-order valence-electron chi connectivity index (χ4n) is 1.66. The maximum Gasteiger partial charge on any atom is 0.416 e. The third-order valence-electron chi connectivity index (χ3n) is 2.94. The third-order valence-corrected chi connectivity index (χ3v) is 2.94. The maximum atomic E-state index is 12.4. The van der Waals surface area contributed by atoms with Gasteiger partial charge in [-0.05, 0) is 43.0 Å². The first-order valence-corrected chi connectivity index (χ1v) is 6.66. The predicted octanol–water partition coefficient (Wildman–Crippen LogP) is 3.24. The summed E-state index contributed by atoms with van der Waals surface area (Å²) in [5, 5.41) is 13.9. The Morgan fingerprint density at radius 2 is 1.90 bits per heavy atom. The van der Waals surface area contributed by atoms with Crippen LogP contribution >= 0.6 is 0 Å². The number of aliphatic hydroxyl groups is 1. The van der Waals surface area contributed by atoms with Gasteiger partial charge in [-0.2, -0.15) is 13.2 Å². The number of rotatable bonds is 6. The van der Waals surface area contributed by atoms with Crippen LogP contribution in [-0.4, -0.2) is 24.3 Å². The van der Waals surface area contributed by atoms with Gasteiger partial charge in [0.05, 0.1) is 5.56 Å². The molecule has 0 radical (unpaired) electrons. The second kappa shape index (κ2) is 7.87. The quantitative estimate of drug-likeness (QED) is 0.707. The summed E-state index contributed by atoms with van der Waals surface area (Å²) in [6.45, 7) is 2.46. The predicted molar refractivity (Wildman–Crippen MR) is 73.9 cm³/mol. The number of hydrogen-bond acceptors (Lipinski definition) is 2. The minimum absolute atomic E-state index is 0.109. The molecule has 0 aliphatic carbocycles. The van der Waals surface area contributed by atoms with Gasteiger partial charge < -0.3 is 15.7 Å². The number of halogens is 3. The van der Waals surface area contributed by atoms with Gasteiger partial charge in [0, 0.05) is 18.8 Å². The van der Waals surface area contributed by atoms with Crippen molar-refractivity contribution in [1.82, 2.24) is 5.32 Å². The molecule has 1 unspecified atom stereocenters. The lowest BCUT2D eigenvalue weighted by atomic mass is 10.1. The van der Waals surface area contributed by atoms with Crippen molar-refractivity contribution in [3.8, 4) is 0 Å². The molecule has 3 N–H and O–H groups in total. The molecule has 1 aromatic carbocycles. The molecule has 1 atom stereocenters. The van der Waals surface area contributed by atoms with E-state index in [4.69, 9.17) is 5.11 Å². The Morgan fingerprint density at radius 1 is 1.29 bits per heavy atom. The highest BCUT2D eigenvalue weighted by Gasteiger charge is 2.29. The van der Waals surface area contributed by atoms with Gasteiger partial charge in [0.2, 0.25) is 0 Å². The Balaban J connectivity index is 2.35. The van der Waals surface area contributed by atoms with E-state index in [0.717, 1.165) is 25.0 Å². The minimum Gasteiger partial charge on any atom is -0.396 e. The molecule has 0 fully saturated rings. The lowest BCUT2D eigenvalue weighted by molar-refractivity contribution is -0.137. The molecule has 0 heterocycles. The summed E-state index contributed by atoms with van der Waals surface area (Å²) in [5.41, 5.74) is -0.462. The molecule has 0 saturated carbocycles. The zero-order valence-electron chi connectivity index (χ0n) is 11.7. The van der Waals surface area contributed by atoms with E-state index >= 15 is 0 Å².